The molecule has 0 atom stereocenters. The lowest BCUT2D eigenvalue weighted by atomic mass is 10.2. The summed E-state index contributed by atoms with van der Waals surface area (Å²) in [6.45, 7) is -3.06. The number of thiocarbonyl (C=S) groups is 1. The second-order valence-corrected chi connectivity index (χ2v) is 5.32. The topological polar surface area (TPSA) is 67.6 Å². The Morgan fingerprint density at radius 1 is 1.25 bits per heavy atom. The van der Waals surface area contributed by atoms with Gasteiger partial charge in [0.05, 0.1) is 11.3 Å². The zero-order valence-corrected chi connectivity index (χ0v) is 13.7. The van der Waals surface area contributed by atoms with Crippen LogP contribution in [0.4, 0.5) is 14.5 Å². The molecule has 0 aliphatic rings. The van der Waals surface area contributed by atoms with E-state index in [9.17, 15) is 13.6 Å². The Kier molecular flexibility index (Phi) is 5.88. The van der Waals surface area contributed by atoms with Crippen molar-refractivity contribution in [1.29, 1.82) is 0 Å². The van der Waals surface area contributed by atoms with Gasteiger partial charge in [-0.25, -0.2) is 5.01 Å². The summed E-state index contributed by atoms with van der Waals surface area (Å²) < 4.78 is 29.2. The number of hydrogen-bond donors (Lipinski definition) is 2. The van der Waals surface area contributed by atoms with Gasteiger partial charge in [0.2, 0.25) is 0 Å². The van der Waals surface area contributed by atoms with Crippen LogP contribution in [0.1, 0.15) is 10.4 Å². The number of nitrogens with one attached hydrogen (secondary N) is 1. The molecular weight excluding hydrogens is 360 g/mol. The van der Waals surface area contributed by atoms with Gasteiger partial charge in [-0.05, 0) is 42.5 Å². The Labute approximate surface area is 146 Å². The number of nitrogens with two attached hydrogens (primary N) is 1. The number of carbonyl (C=O) groups is 1. The minimum Gasteiger partial charge on any atom is -0.434 e. The quantitative estimate of drug-likeness (QED) is 0.637. The maximum atomic E-state index is 12.4. The maximum Gasteiger partial charge on any atom is 0.387 e. The monoisotopic (exact) mass is 371 g/mol. The molecule has 1 amide bonds. The second-order valence-electron chi connectivity index (χ2n) is 4.47. The van der Waals surface area contributed by atoms with Gasteiger partial charge in [0.15, 0.2) is 5.11 Å². The lowest BCUT2D eigenvalue weighted by Crippen LogP contribution is -2.49. The number of nitrogens with zero attached hydrogens (tertiary/aromatic N) is 1. The molecule has 2 rings (SSSR count). The predicted octanol–water partition coefficient (Wildman–Crippen LogP) is 3.34. The third-order valence-corrected chi connectivity index (χ3v) is 3.27. The molecule has 5 nitrogen and oxygen atoms in total. The number of ether oxygens (including phenoxy) is 1. The summed E-state index contributed by atoms with van der Waals surface area (Å²) in [7, 11) is 0. The van der Waals surface area contributed by atoms with Gasteiger partial charge in [-0.15, -0.1) is 0 Å². The van der Waals surface area contributed by atoms with Gasteiger partial charge < -0.3 is 10.5 Å². The maximum absolute atomic E-state index is 12.4. The number of para-hydroxylation sites is 1. The van der Waals surface area contributed by atoms with Crippen LogP contribution >= 0.6 is 23.8 Å². The number of anilines is 1. The van der Waals surface area contributed by atoms with Crippen molar-refractivity contribution in [2.45, 2.75) is 6.61 Å². The number of hydrogen-bond acceptors (Lipinski definition) is 3. The van der Waals surface area contributed by atoms with E-state index in [0.717, 1.165) is 5.01 Å². The van der Waals surface area contributed by atoms with Crippen LogP contribution in [0.5, 0.6) is 5.75 Å². The molecule has 3 N–H and O–H groups in total. The summed E-state index contributed by atoms with van der Waals surface area (Å²) in [5.41, 5.74) is 8.36. The number of benzene rings is 2. The van der Waals surface area contributed by atoms with Crippen molar-refractivity contribution < 1.29 is 18.3 Å². The van der Waals surface area contributed by atoms with Crippen LogP contribution in [0.3, 0.4) is 0 Å². The van der Waals surface area contributed by atoms with Crippen LogP contribution in [-0.2, 0) is 0 Å². The number of amides is 1. The van der Waals surface area contributed by atoms with Gasteiger partial charge in [0.25, 0.3) is 5.91 Å². The number of hydrazine groups is 1. The molecule has 0 aliphatic heterocycles. The van der Waals surface area contributed by atoms with Crippen LogP contribution in [0.2, 0.25) is 5.02 Å². The van der Waals surface area contributed by atoms with E-state index in [1.807, 2.05) is 0 Å². The van der Waals surface area contributed by atoms with E-state index in [4.69, 9.17) is 29.6 Å². The van der Waals surface area contributed by atoms with Crippen LogP contribution in [0.25, 0.3) is 0 Å². The first-order valence-corrected chi connectivity index (χ1v) is 7.37. The van der Waals surface area contributed by atoms with Crippen LogP contribution < -0.4 is 20.9 Å². The summed E-state index contributed by atoms with van der Waals surface area (Å²) in [6, 6.07) is 12.0. The molecule has 0 heterocycles. The third-order valence-electron chi connectivity index (χ3n) is 2.85. The minimum absolute atomic E-state index is 0.0962. The van der Waals surface area contributed by atoms with E-state index in [2.05, 4.69) is 10.2 Å². The Morgan fingerprint density at radius 2 is 1.96 bits per heavy atom. The smallest absolute Gasteiger partial charge is 0.387 e. The second kappa shape index (κ2) is 7.89. The Hall–Kier alpha value is -2.45. The molecule has 0 aliphatic carbocycles. The first kappa shape index (κ1) is 17.9. The molecule has 0 bridgehead atoms. The average molecular weight is 372 g/mol. The molecule has 126 valence electrons. The molecule has 0 spiro atoms. The van der Waals surface area contributed by atoms with E-state index >= 15 is 0 Å². The van der Waals surface area contributed by atoms with E-state index in [-0.39, 0.29) is 16.4 Å². The summed E-state index contributed by atoms with van der Waals surface area (Å²) in [6.07, 6.45) is 0. The standard InChI is InChI=1S/C15H12ClF2N3O2S/c16-9-4-3-5-10(8-9)21(15(19)24)20-13(22)11-6-1-2-7-12(11)23-14(17)18/h1-8,14H,(H2,19,24)(H,20,22). The first-order chi connectivity index (χ1) is 11.4. The van der Waals surface area contributed by atoms with E-state index in [0.29, 0.717) is 10.7 Å². The van der Waals surface area contributed by atoms with Crippen molar-refractivity contribution in [3.05, 3.63) is 59.1 Å². The largest absolute Gasteiger partial charge is 0.434 e. The van der Waals surface area contributed by atoms with Crippen molar-refractivity contribution in [3.8, 4) is 5.75 Å². The Morgan fingerprint density at radius 3 is 2.58 bits per heavy atom. The highest BCUT2D eigenvalue weighted by Gasteiger charge is 2.19. The lowest BCUT2D eigenvalue weighted by molar-refractivity contribution is -0.0501. The van der Waals surface area contributed by atoms with Crippen molar-refractivity contribution in [1.82, 2.24) is 5.43 Å². The van der Waals surface area contributed by atoms with Crippen molar-refractivity contribution in [3.63, 3.8) is 0 Å². The predicted molar refractivity (Wildman–Crippen MR) is 91.3 cm³/mol. The van der Waals surface area contributed by atoms with E-state index in [1.54, 1.807) is 18.2 Å². The molecule has 0 radical (unpaired) electrons. The molecule has 0 unspecified atom stereocenters. The highest BCUT2D eigenvalue weighted by molar-refractivity contribution is 7.80. The number of rotatable bonds is 4. The third kappa shape index (κ3) is 4.53. The van der Waals surface area contributed by atoms with Gasteiger partial charge in [0.1, 0.15) is 5.75 Å². The molecule has 2 aromatic carbocycles. The zero-order chi connectivity index (χ0) is 17.7. The number of halogens is 3. The molecular formula is C15H12ClF2N3O2S. The minimum atomic E-state index is -3.06. The number of carbonyl (C=O) groups excluding carboxylic acids is 1. The Balaban J connectivity index is 2.28. The molecule has 0 fully saturated rings. The average Bonchev–Trinajstić information content (AvgIpc) is 2.52. The fraction of sp³-hybridized carbons (Fsp3) is 0.0667. The van der Waals surface area contributed by atoms with Gasteiger partial charge in [0, 0.05) is 5.02 Å². The van der Waals surface area contributed by atoms with Gasteiger partial charge in [-0.2, -0.15) is 8.78 Å². The summed E-state index contributed by atoms with van der Waals surface area (Å²) in [5.74, 6) is -0.988. The van der Waals surface area contributed by atoms with Crippen molar-refractivity contribution >= 4 is 40.5 Å². The van der Waals surface area contributed by atoms with Crippen LogP contribution in [0.15, 0.2) is 48.5 Å². The van der Waals surface area contributed by atoms with Gasteiger partial charge in [-0.1, -0.05) is 29.8 Å². The zero-order valence-electron chi connectivity index (χ0n) is 12.1. The summed E-state index contributed by atoms with van der Waals surface area (Å²) >= 11 is 10.8. The number of alkyl halides is 2. The molecule has 24 heavy (non-hydrogen) atoms. The molecule has 0 saturated carbocycles. The van der Waals surface area contributed by atoms with Crippen molar-refractivity contribution in [2.75, 3.05) is 5.01 Å². The van der Waals surface area contributed by atoms with Crippen LogP contribution in [0, 0.1) is 0 Å². The van der Waals surface area contributed by atoms with Crippen LogP contribution in [-0.4, -0.2) is 17.6 Å². The summed E-state index contributed by atoms with van der Waals surface area (Å²) in [5, 5.41) is 1.37. The normalized spacial score (nSPS) is 10.3. The highest BCUT2D eigenvalue weighted by Crippen LogP contribution is 2.22. The highest BCUT2D eigenvalue weighted by atomic mass is 35.5. The fourth-order valence-corrected chi connectivity index (χ4v) is 2.21. The van der Waals surface area contributed by atoms with Crippen molar-refractivity contribution in [2.24, 2.45) is 5.73 Å². The van der Waals surface area contributed by atoms with Gasteiger partial charge in [-0.3, -0.25) is 10.2 Å². The lowest BCUT2D eigenvalue weighted by Gasteiger charge is -2.24. The fourth-order valence-electron chi connectivity index (χ4n) is 1.88. The first-order valence-electron chi connectivity index (χ1n) is 6.58. The van der Waals surface area contributed by atoms with Gasteiger partial charge >= 0.3 is 6.61 Å². The SMILES string of the molecule is NC(=S)N(NC(=O)c1ccccc1OC(F)F)c1cccc(Cl)c1. The van der Waals surface area contributed by atoms with E-state index in [1.165, 1.54) is 30.3 Å². The Bertz CT molecular complexity index is 761. The molecule has 9 heteroatoms. The van der Waals surface area contributed by atoms with E-state index < -0.39 is 12.5 Å². The molecule has 0 aromatic heterocycles. The molecule has 0 saturated heterocycles. The molecule has 2 aromatic rings. The summed E-state index contributed by atoms with van der Waals surface area (Å²) in [4.78, 5) is 12.4.